The Morgan fingerprint density at radius 2 is 1.77 bits per heavy atom. The summed E-state index contributed by atoms with van der Waals surface area (Å²) in [4.78, 5) is 19.0. The number of hydrogen-bond donors (Lipinski definition) is 1. The fraction of sp³-hybridized carbons (Fsp3) is 0.130. The first-order valence-electron chi connectivity index (χ1n) is 9.45. The molecular formula is C23H20ClFN4O. The van der Waals surface area contributed by atoms with E-state index in [2.05, 4.69) is 10.3 Å². The van der Waals surface area contributed by atoms with E-state index in [1.165, 1.54) is 12.1 Å². The summed E-state index contributed by atoms with van der Waals surface area (Å²) in [7, 11) is 1.72. The summed E-state index contributed by atoms with van der Waals surface area (Å²) in [6.45, 7) is 0.271. The van der Waals surface area contributed by atoms with Gasteiger partial charge in [-0.15, -0.1) is 0 Å². The van der Waals surface area contributed by atoms with E-state index in [1.807, 2.05) is 47.0 Å². The largest absolute Gasteiger partial charge is 0.332 e. The number of carbonyl (C=O) groups is 1. The number of nitrogens with one attached hydrogen (secondary N) is 1. The van der Waals surface area contributed by atoms with Gasteiger partial charge in [0.15, 0.2) is 0 Å². The summed E-state index contributed by atoms with van der Waals surface area (Å²) in [5.74, 6) is -0.315. The Hall–Kier alpha value is -3.38. The molecule has 5 nitrogen and oxygen atoms in total. The zero-order valence-electron chi connectivity index (χ0n) is 16.3. The maximum absolute atomic E-state index is 13.4. The molecule has 4 aromatic rings. The van der Waals surface area contributed by atoms with Crippen molar-refractivity contribution in [3.63, 3.8) is 0 Å². The van der Waals surface area contributed by atoms with Gasteiger partial charge >= 0.3 is 6.03 Å². The van der Waals surface area contributed by atoms with E-state index in [1.54, 1.807) is 36.3 Å². The molecule has 2 amide bonds. The lowest BCUT2D eigenvalue weighted by atomic mass is 9.97. The minimum atomic E-state index is -0.355. The Morgan fingerprint density at radius 1 is 1.07 bits per heavy atom. The maximum Gasteiger partial charge on any atom is 0.318 e. The summed E-state index contributed by atoms with van der Waals surface area (Å²) >= 11 is 6.01. The molecular weight excluding hydrogens is 403 g/mol. The van der Waals surface area contributed by atoms with Crippen molar-refractivity contribution in [3.8, 4) is 0 Å². The number of aromatic nitrogens is 2. The molecule has 1 unspecified atom stereocenters. The van der Waals surface area contributed by atoms with Crippen molar-refractivity contribution < 1.29 is 9.18 Å². The predicted molar refractivity (Wildman–Crippen MR) is 115 cm³/mol. The molecule has 7 heteroatoms. The van der Waals surface area contributed by atoms with Crippen LogP contribution in [0.4, 0.5) is 9.18 Å². The average Bonchev–Trinajstić information content (AvgIpc) is 3.16. The molecule has 152 valence electrons. The number of urea groups is 1. The van der Waals surface area contributed by atoms with Crippen LogP contribution < -0.4 is 5.32 Å². The van der Waals surface area contributed by atoms with Crippen LogP contribution in [-0.2, 0) is 6.54 Å². The molecule has 0 aliphatic heterocycles. The molecule has 0 aliphatic carbocycles. The highest BCUT2D eigenvalue weighted by Crippen LogP contribution is 2.28. The molecule has 0 saturated heterocycles. The van der Waals surface area contributed by atoms with Crippen molar-refractivity contribution in [2.45, 2.75) is 12.6 Å². The number of pyridine rings is 1. The summed E-state index contributed by atoms with van der Waals surface area (Å²) in [5, 5.41) is 3.52. The topological polar surface area (TPSA) is 49.6 Å². The summed E-state index contributed by atoms with van der Waals surface area (Å²) in [5.41, 5.74) is 3.23. The Balaban J connectivity index is 1.53. The third kappa shape index (κ3) is 4.28. The van der Waals surface area contributed by atoms with Gasteiger partial charge in [-0.05, 0) is 35.4 Å². The van der Waals surface area contributed by atoms with Crippen LogP contribution in [-0.4, -0.2) is 27.4 Å². The number of imidazole rings is 1. The van der Waals surface area contributed by atoms with Crippen LogP contribution in [0.3, 0.4) is 0 Å². The highest BCUT2D eigenvalue weighted by atomic mass is 35.5. The van der Waals surface area contributed by atoms with Gasteiger partial charge in [0.25, 0.3) is 0 Å². The van der Waals surface area contributed by atoms with Crippen molar-refractivity contribution >= 4 is 23.3 Å². The third-order valence-corrected chi connectivity index (χ3v) is 5.12. The molecule has 2 aromatic carbocycles. The smallest absolute Gasteiger partial charge is 0.318 e. The van der Waals surface area contributed by atoms with Gasteiger partial charge in [-0.2, -0.15) is 0 Å². The van der Waals surface area contributed by atoms with Gasteiger partial charge in [0.05, 0.1) is 23.3 Å². The van der Waals surface area contributed by atoms with E-state index in [-0.39, 0.29) is 24.4 Å². The van der Waals surface area contributed by atoms with Gasteiger partial charge in [-0.25, -0.2) is 14.2 Å². The van der Waals surface area contributed by atoms with E-state index in [4.69, 9.17) is 11.6 Å². The predicted octanol–water partition coefficient (Wildman–Crippen LogP) is 5.06. The molecule has 0 saturated carbocycles. The van der Waals surface area contributed by atoms with Crippen molar-refractivity contribution in [1.29, 1.82) is 0 Å². The zero-order chi connectivity index (χ0) is 21.1. The molecule has 0 bridgehead atoms. The Morgan fingerprint density at radius 3 is 2.50 bits per heavy atom. The Labute approximate surface area is 178 Å². The highest BCUT2D eigenvalue weighted by Gasteiger charge is 2.23. The van der Waals surface area contributed by atoms with Crippen LogP contribution in [0, 0.1) is 5.82 Å². The van der Waals surface area contributed by atoms with Crippen LogP contribution in [0.2, 0.25) is 5.02 Å². The second kappa shape index (κ2) is 8.55. The SMILES string of the molecule is CN(C(=O)NCc1cn2cc(Cl)ccc2n1)C(c1ccccc1)c1ccc(F)cc1. The van der Waals surface area contributed by atoms with Gasteiger partial charge in [0, 0.05) is 19.4 Å². The number of fused-ring (bicyclic) bond motifs is 1. The van der Waals surface area contributed by atoms with Crippen LogP contribution >= 0.6 is 11.6 Å². The van der Waals surface area contributed by atoms with Crippen molar-refractivity contribution in [2.75, 3.05) is 7.05 Å². The summed E-state index contributed by atoms with van der Waals surface area (Å²) in [6, 6.07) is 18.8. The van der Waals surface area contributed by atoms with Crippen molar-refractivity contribution in [3.05, 3.63) is 107 Å². The van der Waals surface area contributed by atoms with Crippen LogP contribution in [0.1, 0.15) is 22.9 Å². The molecule has 4 rings (SSSR count). The Kier molecular flexibility index (Phi) is 5.68. The van der Waals surface area contributed by atoms with Gasteiger partial charge in [-0.3, -0.25) is 0 Å². The lowest BCUT2D eigenvalue weighted by Crippen LogP contribution is -2.39. The Bertz CT molecular complexity index is 1160. The molecule has 2 aromatic heterocycles. The average molecular weight is 423 g/mol. The maximum atomic E-state index is 13.4. The van der Waals surface area contributed by atoms with Gasteiger partial charge in [0.1, 0.15) is 11.5 Å². The van der Waals surface area contributed by atoms with E-state index in [0.29, 0.717) is 5.02 Å². The highest BCUT2D eigenvalue weighted by molar-refractivity contribution is 6.30. The molecule has 2 heterocycles. The second-order valence-electron chi connectivity index (χ2n) is 6.98. The number of amides is 2. The fourth-order valence-corrected chi connectivity index (χ4v) is 3.60. The number of carbonyl (C=O) groups excluding carboxylic acids is 1. The van der Waals surface area contributed by atoms with E-state index >= 15 is 0 Å². The van der Waals surface area contributed by atoms with E-state index < -0.39 is 0 Å². The lowest BCUT2D eigenvalue weighted by molar-refractivity contribution is 0.197. The van der Waals surface area contributed by atoms with Crippen LogP contribution in [0.5, 0.6) is 0 Å². The number of halogens is 2. The first-order valence-corrected chi connectivity index (χ1v) is 9.83. The van der Waals surface area contributed by atoms with Crippen molar-refractivity contribution in [2.24, 2.45) is 0 Å². The molecule has 30 heavy (non-hydrogen) atoms. The summed E-state index contributed by atoms with van der Waals surface area (Å²) in [6.07, 6.45) is 3.59. The lowest BCUT2D eigenvalue weighted by Gasteiger charge is -2.29. The summed E-state index contributed by atoms with van der Waals surface area (Å²) < 4.78 is 15.2. The molecule has 0 aliphatic rings. The van der Waals surface area contributed by atoms with Gasteiger partial charge in [0.2, 0.25) is 0 Å². The van der Waals surface area contributed by atoms with Gasteiger partial charge < -0.3 is 14.6 Å². The molecule has 0 spiro atoms. The molecule has 0 radical (unpaired) electrons. The molecule has 0 fully saturated rings. The standard InChI is InChI=1S/C23H20ClFN4O/c1-28(22(16-5-3-2-4-6-16)17-7-10-19(25)11-8-17)23(30)26-13-20-15-29-14-18(24)9-12-21(29)27-20/h2-12,14-15,22H,13H2,1H3,(H,26,30). The fourth-order valence-electron chi connectivity index (χ4n) is 3.43. The second-order valence-corrected chi connectivity index (χ2v) is 7.42. The van der Waals surface area contributed by atoms with E-state index in [9.17, 15) is 9.18 Å². The number of nitrogens with zero attached hydrogens (tertiary/aromatic N) is 3. The quantitative estimate of drug-likeness (QED) is 0.489. The number of hydrogen-bond acceptors (Lipinski definition) is 2. The van der Waals surface area contributed by atoms with Crippen LogP contribution in [0.15, 0.2) is 79.1 Å². The zero-order valence-corrected chi connectivity index (χ0v) is 17.1. The molecule has 1 atom stereocenters. The van der Waals surface area contributed by atoms with E-state index in [0.717, 1.165) is 22.5 Å². The van der Waals surface area contributed by atoms with Crippen molar-refractivity contribution in [1.82, 2.24) is 19.6 Å². The monoisotopic (exact) mass is 422 g/mol. The number of benzene rings is 2. The van der Waals surface area contributed by atoms with Crippen LogP contribution in [0.25, 0.3) is 5.65 Å². The molecule has 1 N–H and O–H groups in total. The third-order valence-electron chi connectivity index (χ3n) is 4.89. The number of rotatable bonds is 5. The first-order chi connectivity index (χ1) is 14.5. The first kappa shape index (κ1) is 19.9. The minimum Gasteiger partial charge on any atom is -0.332 e. The normalized spacial score (nSPS) is 12.0. The minimum absolute atomic E-state index is 0.261. The van der Waals surface area contributed by atoms with Gasteiger partial charge in [-0.1, -0.05) is 54.1 Å².